The van der Waals surface area contributed by atoms with Gasteiger partial charge < -0.3 is 0 Å². The van der Waals surface area contributed by atoms with Gasteiger partial charge in [0.1, 0.15) is 0 Å². The Hall–Kier alpha value is 0.0200. The second kappa shape index (κ2) is 2.09. The van der Waals surface area contributed by atoms with E-state index in [-0.39, 0.29) is 11.1 Å². The lowest BCUT2D eigenvalue weighted by Crippen LogP contribution is -2.08. The van der Waals surface area contributed by atoms with Crippen molar-refractivity contribution >= 4 is 8.10 Å². The van der Waals surface area contributed by atoms with Gasteiger partial charge in [-0.3, -0.25) is 4.57 Å². The summed E-state index contributed by atoms with van der Waals surface area (Å²) >= 11 is 0. The summed E-state index contributed by atoms with van der Waals surface area (Å²) in [6, 6.07) is 0. The summed E-state index contributed by atoms with van der Waals surface area (Å²) in [5.41, 5.74) is 0.373. The summed E-state index contributed by atoms with van der Waals surface area (Å²) < 4.78 is 15.9. The van der Waals surface area contributed by atoms with Crippen molar-refractivity contribution in [2.75, 3.05) is 13.1 Å². The smallest absolute Gasteiger partial charge is 0.230 e. The first-order valence-electron chi connectivity index (χ1n) is 4.37. The van der Waals surface area contributed by atoms with Crippen molar-refractivity contribution in [3.8, 4) is 0 Å². The molecule has 2 rings (SSSR count). The van der Waals surface area contributed by atoms with Gasteiger partial charge in [-0.1, -0.05) is 0 Å². The van der Waals surface area contributed by atoms with E-state index in [2.05, 4.69) is 37.0 Å². The topological polar surface area (TPSA) is 23.1 Å². The van der Waals surface area contributed by atoms with Crippen molar-refractivity contribution in [3.63, 3.8) is 0 Å². The number of rotatable bonds is 2. The van der Waals surface area contributed by atoms with Gasteiger partial charge in [0.15, 0.2) is 0 Å². The van der Waals surface area contributed by atoms with Crippen LogP contribution in [0.15, 0.2) is 0 Å². The van der Waals surface area contributed by atoms with E-state index in [0.29, 0.717) is 0 Å². The number of hydrogen-bond acceptors (Lipinski definition) is 1. The fourth-order valence-corrected chi connectivity index (χ4v) is 3.50. The van der Waals surface area contributed by atoms with Gasteiger partial charge in [-0.25, -0.2) is 9.34 Å². The van der Waals surface area contributed by atoms with E-state index in [9.17, 15) is 4.57 Å². The molecule has 2 aliphatic heterocycles. The van der Waals surface area contributed by atoms with Gasteiger partial charge in [-0.15, -0.1) is 0 Å². The molecule has 0 aliphatic carbocycles. The van der Waals surface area contributed by atoms with Gasteiger partial charge in [0.05, 0.1) is 0 Å². The summed E-state index contributed by atoms with van der Waals surface area (Å²) in [5.74, 6) is 0. The summed E-state index contributed by atoms with van der Waals surface area (Å²) in [7, 11) is -1.24. The van der Waals surface area contributed by atoms with Crippen molar-refractivity contribution in [3.05, 3.63) is 0 Å². The highest BCUT2D eigenvalue weighted by Gasteiger charge is 2.56. The molecule has 2 unspecified atom stereocenters. The molecule has 0 bridgehead atoms. The molecule has 0 amide bonds. The molecule has 0 aromatic carbocycles. The first kappa shape index (κ1) is 8.61. The minimum atomic E-state index is -1.24. The molecule has 1 radical (unpaired) electrons. The van der Waals surface area contributed by atoms with Crippen LogP contribution in [0.2, 0.25) is 0 Å². The van der Waals surface area contributed by atoms with Crippen LogP contribution < -0.4 is 0 Å². The zero-order valence-corrected chi connectivity index (χ0v) is 9.06. The zero-order chi connectivity index (χ0) is 9.15. The molecule has 2 fully saturated rings. The molecular formula is C8H16N2OP. The van der Waals surface area contributed by atoms with Gasteiger partial charge >= 0.3 is 0 Å². The highest BCUT2D eigenvalue weighted by Crippen LogP contribution is 2.56. The van der Waals surface area contributed by atoms with Crippen LogP contribution in [0.3, 0.4) is 0 Å². The summed E-state index contributed by atoms with van der Waals surface area (Å²) in [4.78, 5) is 0. The van der Waals surface area contributed by atoms with Crippen LogP contribution in [0.1, 0.15) is 27.7 Å². The van der Waals surface area contributed by atoms with E-state index in [1.165, 1.54) is 0 Å². The van der Waals surface area contributed by atoms with Gasteiger partial charge in [0, 0.05) is 24.2 Å². The molecule has 2 aliphatic rings. The van der Waals surface area contributed by atoms with Gasteiger partial charge in [0.25, 0.3) is 0 Å². The highest BCUT2D eigenvalue weighted by molar-refractivity contribution is 7.40. The van der Waals surface area contributed by atoms with Gasteiger partial charge in [-0.2, -0.15) is 0 Å². The average molecular weight is 187 g/mol. The third-order valence-corrected chi connectivity index (χ3v) is 4.87. The second-order valence-corrected chi connectivity index (χ2v) is 6.46. The predicted molar refractivity (Wildman–Crippen MR) is 49.2 cm³/mol. The second-order valence-electron chi connectivity index (χ2n) is 4.99. The van der Waals surface area contributed by atoms with E-state index < -0.39 is 8.10 Å². The lowest BCUT2D eigenvalue weighted by atomic mass is 10.2. The lowest BCUT2D eigenvalue weighted by molar-refractivity contribution is 0.493. The largest absolute Gasteiger partial charge is 0.251 e. The number of hydrogen-bond donors (Lipinski definition) is 0. The molecule has 2 saturated heterocycles. The molecular weight excluding hydrogens is 171 g/mol. The third kappa shape index (κ3) is 1.20. The van der Waals surface area contributed by atoms with E-state index in [1.807, 2.05) is 0 Å². The molecule has 0 aromatic rings. The SMILES string of the molecule is CC1(C)CN1[P](=O)N1CC1(C)C. The van der Waals surface area contributed by atoms with Crippen LogP contribution in [0.25, 0.3) is 0 Å². The molecule has 12 heavy (non-hydrogen) atoms. The molecule has 0 spiro atoms. The molecule has 2 heterocycles. The molecule has 0 N–H and O–H groups in total. The van der Waals surface area contributed by atoms with Crippen LogP contribution in [0.5, 0.6) is 0 Å². The van der Waals surface area contributed by atoms with E-state index in [1.54, 1.807) is 0 Å². The van der Waals surface area contributed by atoms with Gasteiger partial charge in [-0.05, 0) is 27.7 Å². The van der Waals surface area contributed by atoms with Crippen molar-refractivity contribution in [1.29, 1.82) is 0 Å². The fourth-order valence-electron chi connectivity index (χ4n) is 1.38. The van der Waals surface area contributed by atoms with Crippen LogP contribution in [-0.2, 0) is 4.57 Å². The highest BCUT2D eigenvalue weighted by atomic mass is 31.1. The van der Waals surface area contributed by atoms with Crippen molar-refractivity contribution < 1.29 is 4.57 Å². The first-order chi connectivity index (χ1) is 5.34. The van der Waals surface area contributed by atoms with Crippen LogP contribution in [0.4, 0.5) is 0 Å². The lowest BCUT2D eigenvalue weighted by Gasteiger charge is -2.08. The summed E-state index contributed by atoms with van der Waals surface area (Å²) in [6.45, 7) is 10.5. The van der Waals surface area contributed by atoms with E-state index in [4.69, 9.17) is 0 Å². The Bertz CT molecular complexity index is 225. The van der Waals surface area contributed by atoms with Crippen LogP contribution in [-0.4, -0.2) is 33.5 Å². The minimum Gasteiger partial charge on any atom is -0.251 e. The number of nitrogens with zero attached hydrogens (tertiary/aromatic N) is 2. The molecule has 0 aromatic heterocycles. The Morgan fingerprint density at radius 2 is 1.25 bits per heavy atom. The fraction of sp³-hybridized carbons (Fsp3) is 1.00. The summed E-state index contributed by atoms with van der Waals surface area (Å²) in [6.07, 6.45) is 0. The Kier molecular flexibility index (Phi) is 1.50. The van der Waals surface area contributed by atoms with Crippen molar-refractivity contribution in [2.45, 2.75) is 38.8 Å². The Morgan fingerprint density at radius 1 is 1.00 bits per heavy atom. The van der Waals surface area contributed by atoms with Crippen LogP contribution in [0, 0.1) is 0 Å². The third-order valence-electron chi connectivity index (χ3n) is 2.68. The van der Waals surface area contributed by atoms with Crippen LogP contribution >= 0.6 is 8.10 Å². The van der Waals surface area contributed by atoms with E-state index in [0.717, 1.165) is 13.1 Å². The normalized spacial score (nSPS) is 42.2. The first-order valence-corrected chi connectivity index (χ1v) is 5.53. The van der Waals surface area contributed by atoms with Gasteiger partial charge in [0.2, 0.25) is 8.10 Å². The maximum atomic E-state index is 11.8. The molecule has 2 atom stereocenters. The average Bonchev–Trinajstić information content (AvgIpc) is 2.70. The predicted octanol–water partition coefficient (Wildman–Crippen LogP) is 1.83. The molecule has 69 valence electrons. The monoisotopic (exact) mass is 187 g/mol. The Labute approximate surface area is 74.6 Å². The van der Waals surface area contributed by atoms with E-state index >= 15 is 0 Å². The zero-order valence-electron chi connectivity index (χ0n) is 8.16. The Morgan fingerprint density at radius 3 is 1.42 bits per heavy atom. The molecule has 0 saturated carbocycles. The molecule has 3 nitrogen and oxygen atoms in total. The quantitative estimate of drug-likeness (QED) is 0.486. The van der Waals surface area contributed by atoms with Crippen molar-refractivity contribution in [1.82, 2.24) is 9.34 Å². The summed E-state index contributed by atoms with van der Waals surface area (Å²) in [5, 5.41) is 0. The Balaban J connectivity index is 1.97. The molecule has 4 heteroatoms. The standard InChI is InChI=1S/C8H16N2OP/c1-7(2)5-9(7)12(11)10-6-8(10,3)4/h5-6H2,1-4H3. The van der Waals surface area contributed by atoms with Crippen molar-refractivity contribution in [2.24, 2.45) is 0 Å². The minimum absolute atomic E-state index is 0.187. The maximum absolute atomic E-state index is 11.8. The maximum Gasteiger partial charge on any atom is 0.230 e.